The van der Waals surface area contributed by atoms with Crippen LogP contribution in [0.2, 0.25) is 0 Å². The minimum atomic E-state index is 0.985. The third kappa shape index (κ3) is 4.06. The predicted molar refractivity (Wildman–Crippen MR) is 79.5 cm³/mol. The lowest BCUT2D eigenvalue weighted by atomic mass is 10.1. The summed E-state index contributed by atoms with van der Waals surface area (Å²) in [5.41, 5.74) is 3.88. The molecule has 0 heterocycles. The Kier molecular flexibility index (Phi) is 4.54. The third-order valence-electron chi connectivity index (χ3n) is 2.81. The maximum atomic E-state index is 2.18. The SMILES string of the molecule is Cc1ccc(/C=C/C=C/Cc2ccccc2)cc1. The van der Waals surface area contributed by atoms with Gasteiger partial charge in [-0.05, 0) is 24.5 Å². The van der Waals surface area contributed by atoms with Crippen molar-refractivity contribution in [3.05, 3.63) is 89.5 Å². The zero-order valence-corrected chi connectivity index (χ0v) is 10.7. The van der Waals surface area contributed by atoms with Crippen LogP contribution in [-0.4, -0.2) is 0 Å². The van der Waals surface area contributed by atoms with Gasteiger partial charge in [0.25, 0.3) is 0 Å². The summed E-state index contributed by atoms with van der Waals surface area (Å²) >= 11 is 0. The molecular weight excluding hydrogens is 216 g/mol. The molecule has 0 N–H and O–H groups in total. The van der Waals surface area contributed by atoms with Gasteiger partial charge in [0, 0.05) is 0 Å². The van der Waals surface area contributed by atoms with E-state index in [0.717, 1.165) is 6.42 Å². The van der Waals surface area contributed by atoms with E-state index in [0.29, 0.717) is 0 Å². The number of aryl methyl sites for hydroxylation is 1. The smallest absolute Gasteiger partial charge is 0.00943 e. The minimum absolute atomic E-state index is 0.985. The molecule has 90 valence electrons. The van der Waals surface area contributed by atoms with E-state index in [1.165, 1.54) is 16.7 Å². The van der Waals surface area contributed by atoms with E-state index in [1.54, 1.807) is 0 Å². The van der Waals surface area contributed by atoms with Crippen LogP contribution in [0, 0.1) is 6.92 Å². The molecule has 0 unspecified atom stereocenters. The molecule has 0 amide bonds. The van der Waals surface area contributed by atoms with Crippen molar-refractivity contribution < 1.29 is 0 Å². The van der Waals surface area contributed by atoms with Crippen molar-refractivity contribution in [3.8, 4) is 0 Å². The molecule has 2 rings (SSSR count). The molecule has 0 spiro atoms. The fourth-order valence-electron chi connectivity index (χ4n) is 1.74. The molecule has 0 fully saturated rings. The molecule has 0 bridgehead atoms. The first-order chi connectivity index (χ1) is 8.84. The summed E-state index contributed by atoms with van der Waals surface area (Å²) in [6.45, 7) is 2.10. The van der Waals surface area contributed by atoms with E-state index < -0.39 is 0 Å². The van der Waals surface area contributed by atoms with Gasteiger partial charge in [-0.3, -0.25) is 0 Å². The lowest BCUT2D eigenvalue weighted by molar-refractivity contribution is 1.27. The number of rotatable bonds is 4. The van der Waals surface area contributed by atoms with E-state index in [1.807, 2.05) is 6.07 Å². The van der Waals surface area contributed by atoms with Gasteiger partial charge in [-0.15, -0.1) is 0 Å². The van der Waals surface area contributed by atoms with Crippen molar-refractivity contribution >= 4 is 6.08 Å². The Morgan fingerprint density at radius 2 is 1.56 bits per heavy atom. The zero-order valence-electron chi connectivity index (χ0n) is 10.7. The molecule has 0 aliphatic rings. The van der Waals surface area contributed by atoms with Crippen molar-refractivity contribution in [3.63, 3.8) is 0 Å². The van der Waals surface area contributed by atoms with Gasteiger partial charge in [0.1, 0.15) is 0 Å². The van der Waals surface area contributed by atoms with E-state index in [4.69, 9.17) is 0 Å². The van der Waals surface area contributed by atoms with E-state index >= 15 is 0 Å². The Labute approximate surface area is 109 Å². The van der Waals surface area contributed by atoms with Gasteiger partial charge in [0.15, 0.2) is 0 Å². The number of hydrogen-bond acceptors (Lipinski definition) is 0. The van der Waals surface area contributed by atoms with Gasteiger partial charge in [0.05, 0.1) is 0 Å². The van der Waals surface area contributed by atoms with Crippen LogP contribution >= 0.6 is 0 Å². The summed E-state index contributed by atoms with van der Waals surface area (Å²) in [5, 5.41) is 0. The molecule has 0 aliphatic heterocycles. The van der Waals surface area contributed by atoms with Crippen LogP contribution in [0.1, 0.15) is 16.7 Å². The number of hydrogen-bond donors (Lipinski definition) is 0. The van der Waals surface area contributed by atoms with Crippen LogP contribution in [0.3, 0.4) is 0 Å². The predicted octanol–water partition coefficient (Wildman–Crippen LogP) is 4.81. The van der Waals surface area contributed by atoms with Gasteiger partial charge >= 0.3 is 0 Å². The summed E-state index contributed by atoms with van der Waals surface area (Å²) in [5.74, 6) is 0. The summed E-state index contributed by atoms with van der Waals surface area (Å²) < 4.78 is 0. The third-order valence-corrected chi connectivity index (χ3v) is 2.81. The van der Waals surface area contributed by atoms with E-state index in [2.05, 4.69) is 79.8 Å². The summed E-state index contributed by atoms with van der Waals surface area (Å²) in [7, 11) is 0. The van der Waals surface area contributed by atoms with Crippen molar-refractivity contribution in [1.29, 1.82) is 0 Å². The monoisotopic (exact) mass is 234 g/mol. The Balaban J connectivity index is 1.86. The topological polar surface area (TPSA) is 0 Å². The fourth-order valence-corrected chi connectivity index (χ4v) is 1.74. The van der Waals surface area contributed by atoms with Gasteiger partial charge in [-0.25, -0.2) is 0 Å². The molecule has 0 saturated heterocycles. The average molecular weight is 234 g/mol. The van der Waals surface area contributed by atoms with E-state index in [9.17, 15) is 0 Å². The Morgan fingerprint density at radius 3 is 2.28 bits per heavy atom. The zero-order chi connectivity index (χ0) is 12.6. The first-order valence-electron chi connectivity index (χ1n) is 6.28. The molecule has 0 aliphatic carbocycles. The maximum absolute atomic E-state index is 2.18. The van der Waals surface area contributed by atoms with Crippen LogP contribution in [0.5, 0.6) is 0 Å². The molecule has 0 aromatic heterocycles. The highest BCUT2D eigenvalue weighted by molar-refractivity contribution is 5.51. The molecule has 0 nitrogen and oxygen atoms in total. The second-order valence-corrected chi connectivity index (χ2v) is 4.39. The van der Waals surface area contributed by atoms with Crippen LogP contribution < -0.4 is 0 Å². The normalized spacial score (nSPS) is 11.4. The average Bonchev–Trinajstić information content (AvgIpc) is 2.42. The first kappa shape index (κ1) is 12.4. The Hall–Kier alpha value is -2.08. The Bertz CT molecular complexity index is 516. The molecule has 2 aromatic carbocycles. The summed E-state index contributed by atoms with van der Waals surface area (Å²) in [6, 6.07) is 19.0. The highest BCUT2D eigenvalue weighted by Crippen LogP contribution is 2.05. The van der Waals surface area contributed by atoms with Gasteiger partial charge in [-0.1, -0.05) is 84.5 Å². The van der Waals surface area contributed by atoms with Crippen LogP contribution in [0.15, 0.2) is 72.8 Å². The highest BCUT2D eigenvalue weighted by atomic mass is 13.9. The maximum Gasteiger partial charge on any atom is -0.00943 e. The number of benzene rings is 2. The molecule has 0 atom stereocenters. The summed E-state index contributed by atoms with van der Waals surface area (Å²) in [6.07, 6.45) is 9.49. The minimum Gasteiger partial charge on any atom is -0.0801 e. The van der Waals surface area contributed by atoms with Gasteiger partial charge in [0.2, 0.25) is 0 Å². The van der Waals surface area contributed by atoms with Crippen LogP contribution in [-0.2, 0) is 6.42 Å². The fraction of sp³-hybridized carbons (Fsp3) is 0.111. The molecule has 0 radical (unpaired) electrons. The standard InChI is InChI=1S/C18H18/c1-16-12-14-18(15-13-16)11-7-3-6-10-17-8-4-2-5-9-17/h2-9,11-15H,10H2,1H3/b6-3+,11-7+. The van der Waals surface area contributed by atoms with Crippen molar-refractivity contribution in [2.75, 3.05) is 0 Å². The first-order valence-corrected chi connectivity index (χ1v) is 6.28. The molecule has 2 aromatic rings. The highest BCUT2D eigenvalue weighted by Gasteiger charge is 1.86. The number of allylic oxidation sites excluding steroid dienone is 3. The van der Waals surface area contributed by atoms with E-state index in [-0.39, 0.29) is 0 Å². The van der Waals surface area contributed by atoms with Gasteiger partial charge in [-0.2, -0.15) is 0 Å². The molecule has 18 heavy (non-hydrogen) atoms. The summed E-state index contributed by atoms with van der Waals surface area (Å²) in [4.78, 5) is 0. The molecule has 0 heteroatoms. The molecular formula is C18H18. The lowest BCUT2D eigenvalue weighted by Crippen LogP contribution is -1.77. The van der Waals surface area contributed by atoms with Crippen LogP contribution in [0.4, 0.5) is 0 Å². The Morgan fingerprint density at radius 1 is 0.833 bits per heavy atom. The van der Waals surface area contributed by atoms with Crippen molar-refractivity contribution in [2.45, 2.75) is 13.3 Å². The van der Waals surface area contributed by atoms with Crippen molar-refractivity contribution in [2.24, 2.45) is 0 Å². The second kappa shape index (κ2) is 6.61. The molecule has 0 saturated carbocycles. The van der Waals surface area contributed by atoms with Crippen LogP contribution in [0.25, 0.3) is 6.08 Å². The second-order valence-electron chi connectivity index (χ2n) is 4.39. The largest absolute Gasteiger partial charge is 0.0801 e. The lowest BCUT2D eigenvalue weighted by Gasteiger charge is -1.94. The van der Waals surface area contributed by atoms with Gasteiger partial charge < -0.3 is 0 Å². The quantitative estimate of drug-likeness (QED) is 0.666. The van der Waals surface area contributed by atoms with Crippen molar-refractivity contribution in [1.82, 2.24) is 0 Å².